The number of ether oxygens (including phenoxy) is 1. The predicted molar refractivity (Wildman–Crippen MR) is 75.1 cm³/mol. The molecule has 1 aromatic carbocycles. The second kappa shape index (κ2) is 7.79. The Morgan fingerprint density at radius 1 is 1.26 bits per heavy atom. The van der Waals surface area contributed by atoms with Crippen molar-refractivity contribution >= 4 is 5.91 Å². The van der Waals surface area contributed by atoms with Crippen LogP contribution in [0.3, 0.4) is 0 Å². The van der Waals surface area contributed by atoms with Crippen molar-refractivity contribution in [1.29, 1.82) is 0 Å². The van der Waals surface area contributed by atoms with Crippen molar-refractivity contribution < 1.29 is 14.6 Å². The van der Waals surface area contributed by atoms with Crippen LogP contribution < -0.4 is 4.74 Å². The molecule has 1 rings (SSSR count). The molecule has 0 radical (unpaired) electrons. The molecule has 0 heterocycles. The highest BCUT2D eigenvalue weighted by Crippen LogP contribution is 2.26. The minimum atomic E-state index is -0.556. The van der Waals surface area contributed by atoms with Crippen LogP contribution in [-0.4, -0.2) is 35.6 Å². The third-order valence-electron chi connectivity index (χ3n) is 3.13. The van der Waals surface area contributed by atoms with E-state index >= 15 is 0 Å². The van der Waals surface area contributed by atoms with Gasteiger partial charge in [-0.3, -0.25) is 4.79 Å². The van der Waals surface area contributed by atoms with Crippen molar-refractivity contribution in [2.75, 3.05) is 19.7 Å². The maximum absolute atomic E-state index is 11.9. The van der Waals surface area contributed by atoms with Crippen LogP contribution in [-0.2, 0) is 4.79 Å². The van der Waals surface area contributed by atoms with Crippen LogP contribution in [0.2, 0.25) is 0 Å². The number of aliphatic hydroxyl groups excluding tert-OH is 1. The lowest BCUT2D eigenvalue weighted by atomic mass is 10.1. The molecule has 0 aromatic heterocycles. The Balaban J connectivity index is 2.70. The lowest BCUT2D eigenvalue weighted by molar-refractivity contribution is -0.133. The third kappa shape index (κ3) is 4.24. The molecule has 19 heavy (non-hydrogen) atoms. The minimum absolute atomic E-state index is 0.00906. The van der Waals surface area contributed by atoms with Crippen LogP contribution >= 0.6 is 0 Å². The summed E-state index contributed by atoms with van der Waals surface area (Å²) in [6.07, 6.45) is 0.0597. The highest BCUT2D eigenvalue weighted by molar-refractivity contribution is 5.77. The second-order valence-electron chi connectivity index (χ2n) is 4.32. The summed E-state index contributed by atoms with van der Waals surface area (Å²) in [6.45, 7) is 7.15. The van der Waals surface area contributed by atoms with Gasteiger partial charge in [0.2, 0.25) is 0 Å². The van der Waals surface area contributed by atoms with Crippen molar-refractivity contribution in [3.8, 4) is 5.75 Å². The van der Waals surface area contributed by atoms with Gasteiger partial charge in [-0.2, -0.15) is 0 Å². The Hall–Kier alpha value is -1.55. The number of benzene rings is 1. The van der Waals surface area contributed by atoms with Crippen molar-refractivity contribution in [3.05, 3.63) is 29.8 Å². The van der Waals surface area contributed by atoms with Gasteiger partial charge in [-0.15, -0.1) is 0 Å². The van der Waals surface area contributed by atoms with Crippen molar-refractivity contribution in [2.45, 2.75) is 33.3 Å². The summed E-state index contributed by atoms with van der Waals surface area (Å²) in [7, 11) is 0. The molecule has 0 unspecified atom stereocenters. The van der Waals surface area contributed by atoms with Crippen LogP contribution in [0.25, 0.3) is 0 Å². The van der Waals surface area contributed by atoms with Gasteiger partial charge >= 0.3 is 0 Å². The SMILES string of the molecule is CC[C@H](O)c1ccccc1OCC(=O)N(CC)CC. The number of likely N-dealkylation sites (N-methyl/N-ethyl adjacent to an activating group) is 1. The van der Waals surface area contributed by atoms with Crippen LogP contribution in [0.1, 0.15) is 38.9 Å². The molecule has 0 saturated heterocycles. The third-order valence-corrected chi connectivity index (χ3v) is 3.13. The van der Waals surface area contributed by atoms with Gasteiger partial charge in [-0.1, -0.05) is 25.1 Å². The first-order valence-corrected chi connectivity index (χ1v) is 6.81. The number of aliphatic hydroxyl groups is 1. The minimum Gasteiger partial charge on any atom is -0.483 e. The van der Waals surface area contributed by atoms with Gasteiger partial charge in [-0.05, 0) is 26.3 Å². The molecule has 1 atom stereocenters. The fraction of sp³-hybridized carbons (Fsp3) is 0.533. The molecule has 0 fully saturated rings. The van der Waals surface area contributed by atoms with E-state index in [2.05, 4.69) is 0 Å². The molecule has 0 aliphatic rings. The first kappa shape index (κ1) is 15.5. The molecule has 1 amide bonds. The first-order valence-electron chi connectivity index (χ1n) is 6.81. The zero-order chi connectivity index (χ0) is 14.3. The van der Waals surface area contributed by atoms with E-state index < -0.39 is 6.10 Å². The van der Waals surface area contributed by atoms with Crippen LogP contribution in [0.15, 0.2) is 24.3 Å². The first-order chi connectivity index (χ1) is 9.13. The average Bonchev–Trinajstić information content (AvgIpc) is 2.45. The topological polar surface area (TPSA) is 49.8 Å². The summed E-state index contributed by atoms with van der Waals surface area (Å²) in [6, 6.07) is 7.30. The van der Waals surface area contributed by atoms with Crippen LogP contribution in [0, 0.1) is 0 Å². The van der Waals surface area contributed by atoms with Crippen LogP contribution in [0.5, 0.6) is 5.75 Å². The molecule has 0 saturated carbocycles. The Labute approximate surface area is 115 Å². The smallest absolute Gasteiger partial charge is 0.260 e. The predicted octanol–water partition coefficient (Wildman–Crippen LogP) is 2.38. The summed E-state index contributed by atoms with van der Waals surface area (Å²) in [5.41, 5.74) is 0.734. The van der Waals surface area contributed by atoms with Gasteiger partial charge in [0.25, 0.3) is 5.91 Å². The van der Waals surface area contributed by atoms with Crippen LogP contribution in [0.4, 0.5) is 0 Å². The van der Waals surface area contributed by atoms with E-state index in [1.807, 2.05) is 39.0 Å². The van der Waals surface area contributed by atoms with E-state index in [1.54, 1.807) is 11.0 Å². The maximum atomic E-state index is 11.9. The van der Waals surface area contributed by atoms with E-state index in [1.165, 1.54) is 0 Å². The molecule has 4 nitrogen and oxygen atoms in total. The molecule has 0 spiro atoms. The number of hydrogen-bond donors (Lipinski definition) is 1. The number of rotatable bonds is 7. The lowest BCUT2D eigenvalue weighted by Crippen LogP contribution is -2.34. The van der Waals surface area contributed by atoms with Crippen molar-refractivity contribution in [3.63, 3.8) is 0 Å². The largest absolute Gasteiger partial charge is 0.483 e. The van der Waals surface area contributed by atoms with Gasteiger partial charge in [0.1, 0.15) is 5.75 Å². The molecule has 0 aliphatic carbocycles. The lowest BCUT2D eigenvalue weighted by Gasteiger charge is -2.20. The molecule has 1 N–H and O–H groups in total. The molecule has 0 bridgehead atoms. The van der Waals surface area contributed by atoms with Gasteiger partial charge in [0.05, 0.1) is 6.10 Å². The van der Waals surface area contributed by atoms with Gasteiger partial charge in [0, 0.05) is 18.7 Å². The Kier molecular flexibility index (Phi) is 6.36. The quantitative estimate of drug-likeness (QED) is 0.823. The molecular formula is C15H23NO3. The summed E-state index contributed by atoms with van der Waals surface area (Å²) >= 11 is 0. The van der Waals surface area contributed by atoms with Gasteiger partial charge in [-0.25, -0.2) is 0 Å². The van der Waals surface area contributed by atoms with E-state index in [4.69, 9.17) is 4.74 Å². The molecule has 0 aliphatic heterocycles. The molecule has 106 valence electrons. The van der Waals surface area contributed by atoms with E-state index in [0.29, 0.717) is 25.3 Å². The van der Waals surface area contributed by atoms with E-state index in [9.17, 15) is 9.90 Å². The highest BCUT2D eigenvalue weighted by atomic mass is 16.5. The zero-order valence-electron chi connectivity index (χ0n) is 11.9. The van der Waals surface area contributed by atoms with Crippen molar-refractivity contribution in [1.82, 2.24) is 4.90 Å². The summed E-state index contributed by atoms with van der Waals surface area (Å²) in [4.78, 5) is 13.6. The molecule has 1 aromatic rings. The van der Waals surface area contributed by atoms with Gasteiger partial charge in [0.15, 0.2) is 6.61 Å². The number of para-hydroxylation sites is 1. The number of carbonyl (C=O) groups is 1. The van der Waals surface area contributed by atoms with E-state index in [0.717, 1.165) is 5.56 Å². The molecule has 4 heteroatoms. The summed E-state index contributed by atoms with van der Waals surface area (Å²) in [5, 5.41) is 9.90. The Morgan fingerprint density at radius 3 is 2.47 bits per heavy atom. The Bertz CT molecular complexity index is 402. The number of nitrogens with zero attached hydrogens (tertiary/aromatic N) is 1. The number of hydrogen-bond acceptors (Lipinski definition) is 3. The normalized spacial score (nSPS) is 12.0. The zero-order valence-corrected chi connectivity index (χ0v) is 11.9. The summed E-state index contributed by atoms with van der Waals surface area (Å²) < 4.78 is 5.56. The Morgan fingerprint density at radius 2 is 1.89 bits per heavy atom. The molecular weight excluding hydrogens is 242 g/mol. The fourth-order valence-electron chi connectivity index (χ4n) is 1.91. The maximum Gasteiger partial charge on any atom is 0.260 e. The highest BCUT2D eigenvalue weighted by Gasteiger charge is 2.14. The average molecular weight is 265 g/mol. The number of amides is 1. The monoisotopic (exact) mass is 265 g/mol. The summed E-state index contributed by atoms with van der Waals surface area (Å²) in [5.74, 6) is 0.545. The standard InChI is InChI=1S/C15H23NO3/c1-4-13(17)12-9-7-8-10-14(12)19-11-15(18)16(5-2)6-3/h7-10,13,17H,4-6,11H2,1-3H3/t13-/m0/s1. The fourth-order valence-corrected chi connectivity index (χ4v) is 1.91. The number of carbonyl (C=O) groups excluding carboxylic acids is 1. The van der Waals surface area contributed by atoms with E-state index in [-0.39, 0.29) is 12.5 Å². The van der Waals surface area contributed by atoms with Crippen molar-refractivity contribution in [2.24, 2.45) is 0 Å². The second-order valence-corrected chi connectivity index (χ2v) is 4.32. The van der Waals surface area contributed by atoms with Gasteiger partial charge < -0.3 is 14.7 Å².